The van der Waals surface area contributed by atoms with Gasteiger partial charge in [-0.05, 0) is 31.3 Å². The number of hydrogen-bond acceptors (Lipinski definition) is 5. The van der Waals surface area contributed by atoms with E-state index < -0.39 is 0 Å². The number of rotatable bonds is 5. The largest absolute Gasteiger partial charge is 0.374 e. The molecule has 0 aliphatic carbocycles. The summed E-state index contributed by atoms with van der Waals surface area (Å²) in [5, 5.41) is 6.36. The van der Waals surface area contributed by atoms with E-state index in [0.717, 1.165) is 49.1 Å². The highest BCUT2D eigenvalue weighted by molar-refractivity contribution is 7.13. The monoisotopic (exact) mass is 321 g/mol. The lowest BCUT2D eigenvalue weighted by atomic mass is 10.2. The van der Waals surface area contributed by atoms with Crippen LogP contribution < -0.4 is 5.32 Å². The number of benzene rings is 1. The highest BCUT2D eigenvalue weighted by Gasteiger charge is 2.17. The first kappa shape index (κ1) is 15.6. The lowest BCUT2D eigenvalue weighted by Gasteiger charge is -2.30. The molecule has 0 spiro atoms. The Morgan fingerprint density at radius 2 is 2.23 bits per heavy atom. The predicted molar refractivity (Wildman–Crippen MR) is 86.5 cm³/mol. The van der Waals surface area contributed by atoms with Crippen LogP contribution in [0.2, 0.25) is 0 Å². The molecule has 0 unspecified atom stereocenters. The van der Waals surface area contributed by atoms with Crippen molar-refractivity contribution in [3.63, 3.8) is 0 Å². The first-order valence-corrected chi connectivity index (χ1v) is 8.30. The number of nitrogens with zero attached hydrogens (tertiary/aromatic N) is 2. The summed E-state index contributed by atoms with van der Waals surface area (Å²) in [5.41, 5.74) is 1.96. The second-order valence-corrected chi connectivity index (χ2v) is 6.39. The molecule has 0 bridgehead atoms. The van der Waals surface area contributed by atoms with Gasteiger partial charge in [-0.2, -0.15) is 0 Å². The summed E-state index contributed by atoms with van der Waals surface area (Å²) in [7, 11) is 2.12. The Labute approximate surface area is 133 Å². The summed E-state index contributed by atoms with van der Waals surface area (Å²) >= 11 is 1.58. The molecule has 1 saturated heterocycles. The SMILES string of the molecule is CN1CCO[C@H](CNCc2csc(-c3ccc(F)cc3)n2)C1. The smallest absolute Gasteiger partial charge is 0.123 e. The van der Waals surface area contributed by atoms with E-state index in [1.54, 1.807) is 23.5 Å². The van der Waals surface area contributed by atoms with Gasteiger partial charge in [-0.15, -0.1) is 11.3 Å². The Morgan fingerprint density at radius 1 is 1.41 bits per heavy atom. The second-order valence-electron chi connectivity index (χ2n) is 5.54. The summed E-state index contributed by atoms with van der Waals surface area (Å²) in [4.78, 5) is 6.87. The molecule has 22 heavy (non-hydrogen) atoms. The van der Waals surface area contributed by atoms with Gasteiger partial charge in [0.1, 0.15) is 10.8 Å². The molecule has 1 fully saturated rings. The lowest BCUT2D eigenvalue weighted by molar-refractivity contribution is -0.0182. The van der Waals surface area contributed by atoms with Crippen LogP contribution in [0.5, 0.6) is 0 Å². The van der Waals surface area contributed by atoms with Gasteiger partial charge in [-0.1, -0.05) is 0 Å². The summed E-state index contributed by atoms with van der Waals surface area (Å²) in [6.07, 6.45) is 0.244. The number of halogens is 1. The Morgan fingerprint density at radius 3 is 3.00 bits per heavy atom. The van der Waals surface area contributed by atoms with Gasteiger partial charge < -0.3 is 15.0 Å². The highest BCUT2D eigenvalue weighted by Crippen LogP contribution is 2.23. The quantitative estimate of drug-likeness (QED) is 0.917. The summed E-state index contributed by atoms with van der Waals surface area (Å²) in [6, 6.07) is 6.45. The third-order valence-corrected chi connectivity index (χ3v) is 4.60. The van der Waals surface area contributed by atoms with Crippen molar-refractivity contribution in [3.8, 4) is 10.6 Å². The number of aromatic nitrogens is 1. The van der Waals surface area contributed by atoms with Crippen LogP contribution in [-0.2, 0) is 11.3 Å². The summed E-state index contributed by atoms with van der Waals surface area (Å²) in [5.74, 6) is -0.223. The van der Waals surface area contributed by atoms with Crippen LogP contribution >= 0.6 is 11.3 Å². The van der Waals surface area contributed by atoms with Crippen LogP contribution in [0.1, 0.15) is 5.69 Å². The van der Waals surface area contributed by atoms with Crippen LogP contribution in [0.3, 0.4) is 0 Å². The molecule has 1 aliphatic heterocycles. The molecule has 1 aliphatic rings. The van der Waals surface area contributed by atoms with E-state index in [1.165, 1.54) is 12.1 Å². The molecule has 2 aromatic rings. The average molecular weight is 321 g/mol. The minimum atomic E-state index is -0.223. The van der Waals surface area contributed by atoms with Crippen LogP contribution in [0.4, 0.5) is 4.39 Å². The average Bonchev–Trinajstić information content (AvgIpc) is 2.97. The maximum atomic E-state index is 12.9. The molecule has 1 atom stereocenters. The van der Waals surface area contributed by atoms with Gasteiger partial charge in [-0.3, -0.25) is 0 Å². The number of nitrogens with one attached hydrogen (secondary N) is 1. The molecule has 4 nitrogen and oxygen atoms in total. The Kier molecular flexibility index (Phi) is 5.15. The van der Waals surface area contributed by atoms with Gasteiger partial charge in [0, 0.05) is 37.1 Å². The van der Waals surface area contributed by atoms with Crippen LogP contribution in [0.25, 0.3) is 10.6 Å². The van der Waals surface area contributed by atoms with E-state index >= 15 is 0 Å². The molecule has 6 heteroatoms. The molecule has 0 saturated carbocycles. The molecule has 0 radical (unpaired) electrons. The molecule has 2 heterocycles. The minimum absolute atomic E-state index is 0.223. The van der Waals surface area contributed by atoms with Gasteiger partial charge >= 0.3 is 0 Å². The fraction of sp³-hybridized carbons (Fsp3) is 0.438. The van der Waals surface area contributed by atoms with Crippen molar-refractivity contribution in [2.45, 2.75) is 12.6 Å². The zero-order valence-electron chi connectivity index (χ0n) is 12.6. The van der Waals surface area contributed by atoms with Crippen molar-refractivity contribution in [2.24, 2.45) is 0 Å². The fourth-order valence-corrected chi connectivity index (χ4v) is 3.29. The molecule has 1 N–H and O–H groups in total. The third-order valence-electron chi connectivity index (χ3n) is 3.66. The summed E-state index contributed by atoms with van der Waals surface area (Å²) in [6.45, 7) is 4.32. The van der Waals surface area contributed by atoms with Crippen molar-refractivity contribution >= 4 is 11.3 Å². The topological polar surface area (TPSA) is 37.4 Å². The van der Waals surface area contributed by atoms with Gasteiger partial charge in [0.2, 0.25) is 0 Å². The minimum Gasteiger partial charge on any atom is -0.374 e. The zero-order chi connectivity index (χ0) is 15.4. The maximum Gasteiger partial charge on any atom is 0.123 e. The molecular weight excluding hydrogens is 301 g/mol. The first-order chi connectivity index (χ1) is 10.7. The standard InChI is InChI=1S/C16H20FN3OS/c1-20-6-7-21-15(10-20)9-18-8-14-11-22-16(19-14)12-2-4-13(17)5-3-12/h2-5,11,15,18H,6-10H2,1H3/t15-/m1/s1. The van der Waals surface area contributed by atoms with Crippen molar-refractivity contribution < 1.29 is 9.13 Å². The molecule has 118 valence electrons. The number of hydrogen-bond donors (Lipinski definition) is 1. The highest BCUT2D eigenvalue weighted by atomic mass is 32.1. The Hall–Kier alpha value is -1.34. The van der Waals surface area contributed by atoms with Gasteiger partial charge in [0.25, 0.3) is 0 Å². The van der Waals surface area contributed by atoms with Crippen LogP contribution in [0.15, 0.2) is 29.6 Å². The van der Waals surface area contributed by atoms with Gasteiger partial charge in [-0.25, -0.2) is 9.37 Å². The van der Waals surface area contributed by atoms with Gasteiger partial charge in [0.15, 0.2) is 0 Å². The van der Waals surface area contributed by atoms with E-state index in [-0.39, 0.29) is 11.9 Å². The van der Waals surface area contributed by atoms with Gasteiger partial charge in [0.05, 0.1) is 18.4 Å². The van der Waals surface area contributed by atoms with Crippen molar-refractivity contribution in [2.75, 3.05) is 33.3 Å². The molecule has 0 amide bonds. The van der Waals surface area contributed by atoms with Crippen molar-refractivity contribution in [1.29, 1.82) is 0 Å². The van der Waals surface area contributed by atoms with E-state index in [4.69, 9.17) is 4.74 Å². The molecular formula is C16H20FN3OS. The maximum absolute atomic E-state index is 12.9. The molecule has 3 rings (SSSR count). The van der Waals surface area contributed by atoms with E-state index in [2.05, 4.69) is 22.2 Å². The Bertz CT molecular complexity index is 602. The van der Waals surface area contributed by atoms with E-state index in [1.807, 2.05) is 5.38 Å². The summed E-state index contributed by atoms with van der Waals surface area (Å²) < 4.78 is 18.7. The zero-order valence-corrected chi connectivity index (χ0v) is 13.4. The second kappa shape index (κ2) is 7.28. The number of thiazole rings is 1. The number of ether oxygens (including phenoxy) is 1. The fourth-order valence-electron chi connectivity index (χ4n) is 2.46. The Balaban J connectivity index is 1.50. The number of likely N-dealkylation sites (N-methyl/N-ethyl adjacent to an activating group) is 1. The normalized spacial score (nSPS) is 19.5. The first-order valence-electron chi connectivity index (χ1n) is 7.42. The molecule has 1 aromatic heterocycles. The number of morpholine rings is 1. The molecule has 1 aromatic carbocycles. The van der Waals surface area contributed by atoms with E-state index in [9.17, 15) is 4.39 Å². The van der Waals surface area contributed by atoms with Crippen molar-refractivity contribution in [1.82, 2.24) is 15.2 Å². The lowest BCUT2D eigenvalue weighted by Crippen LogP contribution is -2.44. The predicted octanol–water partition coefficient (Wildman–Crippen LogP) is 2.37. The van der Waals surface area contributed by atoms with Crippen LogP contribution in [0, 0.1) is 5.82 Å². The van der Waals surface area contributed by atoms with E-state index in [0.29, 0.717) is 0 Å². The van der Waals surface area contributed by atoms with Crippen molar-refractivity contribution in [3.05, 3.63) is 41.2 Å². The van der Waals surface area contributed by atoms with Crippen LogP contribution in [-0.4, -0.2) is 49.3 Å². The third kappa shape index (κ3) is 4.10.